The molecular formula is C13H16ClNO3S. The summed E-state index contributed by atoms with van der Waals surface area (Å²) in [6, 6.07) is 7.32. The summed E-state index contributed by atoms with van der Waals surface area (Å²) in [5.74, 6) is -0.712. The predicted molar refractivity (Wildman–Crippen MR) is 76.7 cm³/mol. The lowest BCUT2D eigenvalue weighted by atomic mass is 10.4. The van der Waals surface area contributed by atoms with Crippen LogP contribution in [0.15, 0.2) is 29.2 Å². The molecule has 1 N–H and O–H groups in total. The van der Waals surface area contributed by atoms with Crippen molar-refractivity contribution in [2.45, 2.75) is 18.2 Å². The van der Waals surface area contributed by atoms with E-state index in [-0.39, 0.29) is 24.6 Å². The highest BCUT2D eigenvalue weighted by molar-refractivity contribution is 8.00. The first-order valence-corrected chi connectivity index (χ1v) is 7.27. The molecule has 0 fully saturated rings. The van der Waals surface area contributed by atoms with Crippen molar-refractivity contribution in [1.82, 2.24) is 4.90 Å². The number of carbonyl (C=O) groups excluding carboxylic acids is 1. The lowest BCUT2D eigenvalue weighted by Gasteiger charge is -2.19. The molecule has 0 aliphatic rings. The van der Waals surface area contributed by atoms with E-state index in [1.54, 1.807) is 6.07 Å². The minimum Gasteiger partial charge on any atom is -0.481 e. The first-order chi connectivity index (χ1) is 9.04. The lowest BCUT2D eigenvalue weighted by molar-refractivity contribution is -0.138. The number of amides is 1. The molecule has 0 spiro atoms. The zero-order valence-electron chi connectivity index (χ0n) is 10.6. The van der Waals surface area contributed by atoms with Crippen molar-refractivity contribution in [1.29, 1.82) is 0 Å². The molecule has 1 amide bonds. The maximum Gasteiger partial charge on any atom is 0.305 e. The van der Waals surface area contributed by atoms with Gasteiger partial charge >= 0.3 is 5.97 Å². The van der Waals surface area contributed by atoms with Gasteiger partial charge in [-0.25, -0.2) is 0 Å². The Morgan fingerprint density at radius 1 is 1.37 bits per heavy atom. The molecule has 0 aliphatic heterocycles. The molecule has 0 heterocycles. The Morgan fingerprint density at radius 2 is 2.05 bits per heavy atom. The molecule has 0 saturated carbocycles. The van der Waals surface area contributed by atoms with Crippen molar-refractivity contribution in [2.24, 2.45) is 0 Å². The topological polar surface area (TPSA) is 57.6 Å². The van der Waals surface area contributed by atoms with E-state index in [0.29, 0.717) is 11.6 Å². The lowest BCUT2D eigenvalue weighted by Crippen LogP contribution is -2.34. The normalized spacial score (nSPS) is 10.2. The van der Waals surface area contributed by atoms with Gasteiger partial charge < -0.3 is 10.0 Å². The third kappa shape index (κ3) is 5.53. The summed E-state index contributed by atoms with van der Waals surface area (Å²) in [6.07, 6.45) is -0.0314. The number of aliphatic carboxylic acids is 1. The van der Waals surface area contributed by atoms with Crippen LogP contribution in [0.5, 0.6) is 0 Å². The molecule has 0 saturated heterocycles. The van der Waals surface area contributed by atoms with Crippen LogP contribution >= 0.6 is 23.4 Å². The Hall–Kier alpha value is -1.20. The molecule has 1 rings (SSSR count). The second-order valence-electron chi connectivity index (χ2n) is 3.84. The summed E-state index contributed by atoms with van der Waals surface area (Å²) in [6.45, 7) is 2.59. The standard InChI is InChI=1S/C13H16ClNO3S/c1-2-15(8-7-13(17)18)12(16)9-19-11-6-4-3-5-10(11)14/h3-6H,2,7-9H2,1H3,(H,17,18). The molecule has 0 aliphatic carbocycles. The summed E-state index contributed by atoms with van der Waals surface area (Å²) < 4.78 is 0. The van der Waals surface area contributed by atoms with Crippen molar-refractivity contribution < 1.29 is 14.7 Å². The van der Waals surface area contributed by atoms with Gasteiger partial charge in [-0.2, -0.15) is 0 Å². The molecule has 0 atom stereocenters. The molecule has 19 heavy (non-hydrogen) atoms. The number of hydrogen-bond acceptors (Lipinski definition) is 3. The monoisotopic (exact) mass is 301 g/mol. The molecule has 0 unspecified atom stereocenters. The Kier molecular flexibility index (Phi) is 6.73. The minimum absolute atomic E-state index is 0.0314. The highest BCUT2D eigenvalue weighted by Gasteiger charge is 2.13. The number of thioether (sulfide) groups is 1. The van der Waals surface area contributed by atoms with Crippen LogP contribution in [0.4, 0.5) is 0 Å². The van der Waals surface area contributed by atoms with Crippen LogP contribution in [-0.2, 0) is 9.59 Å². The van der Waals surface area contributed by atoms with Gasteiger partial charge in [-0.05, 0) is 19.1 Å². The number of nitrogens with zero attached hydrogens (tertiary/aromatic N) is 1. The van der Waals surface area contributed by atoms with E-state index < -0.39 is 5.97 Å². The average Bonchev–Trinajstić information content (AvgIpc) is 2.38. The second-order valence-corrected chi connectivity index (χ2v) is 5.26. The van der Waals surface area contributed by atoms with Gasteiger partial charge in [0.15, 0.2) is 0 Å². The SMILES string of the molecule is CCN(CCC(=O)O)C(=O)CSc1ccccc1Cl. The highest BCUT2D eigenvalue weighted by Crippen LogP contribution is 2.26. The van der Waals surface area contributed by atoms with E-state index in [2.05, 4.69) is 0 Å². The average molecular weight is 302 g/mol. The number of carboxylic acids is 1. The fraction of sp³-hybridized carbons (Fsp3) is 0.385. The largest absolute Gasteiger partial charge is 0.481 e. The molecule has 1 aromatic rings. The van der Waals surface area contributed by atoms with Gasteiger partial charge in [0.2, 0.25) is 5.91 Å². The Labute approximate surface area is 121 Å². The summed E-state index contributed by atoms with van der Waals surface area (Å²) in [4.78, 5) is 24.8. The summed E-state index contributed by atoms with van der Waals surface area (Å²) in [7, 11) is 0. The van der Waals surface area contributed by atoms with E-state index in [1.165, 1.54) is 16.7 Å². The Balaban J connectivity index is 2.49. The zero-order valence-corrected chi connectivity index (χ0v) is 12.2. The van der Waals surface area contributed by atoms with Crippen molar-refractivity contribution in [3.8, 4) is 0 Å². The van der Waals surface area contributed by atoms with Crippen LogP contribution < -0.4 is 0 Å². The van der Waals surface area contributed by atoms with Gasteiger partial charge in [-0.15, -0.1) is 11.8 Å². The molecule has 0 bridgehead atoms. The van der Waals surface area contributed by atoms with Crippen molar-refractivity contribution >= 4 is 35.2 Å². The maximum atomic E-state index is 11.9. The molecule has 0 aromatic heterocycles. The molecule has 104 valence electrons. The second kappa shape index (κ2) is 8.07. The van der Waals surface area contributed by atoms with Crippen LogP contribution in [0.2, 0.25) is 5.02 Å². The van der Waals surface area contributed by atoms with Gasteiger partial charge in [-0.3, -0.25) is 9.59 Å². The van der Waals surface area contributed by atoms with Gasteiger partial charge in [0.25, 0.3) is 0 Å². The van der Waals surface area contributed by atoms with Crippen LogP contribution in [0.25, 0.3) is 0 Å². The van der Waals surface area contributed by atoms with Crippen LogP contribution in [0, 0.1) is 0 Å². The van der Waals surface area contributed by atoms with Gasteiger partial charge in [0.1, 0.15) is 0 Å². The maximum absolute atomic E-state index is 11.9. The van der Waals surface area contributed by atoms with E-state index in [0.717, 1.165) is 4.90 Å². The van der Waals surface area contributed by atoms with Crippen molar-refractivity contribution in [3.63, 3.8) is 0 Å². The van der Waals surface area contributed by atoms with Crippen molar-refractivity contribution in [3.05, 3.63) is 29.3 Å². The predicted octanol–water partition coefficient (Wildman–Crippen LogP) is 2.76. The van der Waals surface area contributed by atoms with Crippen LogP contribution in [0.3, 0.4) is 0 Å². The van der Waals surface area contributed by atoms with E-state index in [1.807, 2.05) is 25.1 Å². The Bertz CT molecular complexity index is 453. The number of rotatable bonds is 7. The van der Waals surface area contributed by atoms with E-state index >= 15 is 0 Å². The number of hydrogen-bond donors (Lipinski definition) is 1. The third-order valence-corrected chi connectivity index (χ3v) is 4.02. The van der Waals surface area contributed by atoms with Crippen LogP contribution in [0.1, 0.15) is 13.3 Å². The van der Waals surface area contributed by atoms with E-state index in [9.17, 15) is 9.59 Å². The molecular weight excluding hydrogens is 286 g/mol. The smallest absolute Gasteiger partial charge is 0.305 e. The minimum atomic E-state index is -0.898. The van der Waals surface area contributed by atoms with Crippen molar-refractivity contribution in [2.75, 3.05) is 18.8 Å². The fourth-order valence-electron chi connectivity index (χ4n) is 1.48. The summed E-state index contributed by atoms with van der Waals surface area (Å²) in [5.41, 5.74) is 0. The van der Waals surface area contributed by atoms with Gasteiger partial charge in [0, 0.05) is 18.0 Å². The summed E-state index contributed by atoms with van der Waals surface area (Å²) >= 11 is 7.36. The number of halogens is 1. The van der Waals surface area contributed by atoms with E-state index in [4.69, 9.17) is 16.7 Å². The third-order valence-electron chi connectivity index (χ3n) is 2.52. The fourth-order valence-corrected chi connectivity index (χ4v) is 2.62. The first-order valence-electron chi connectivity index (χ1n) is 5.91. The molecule has 4 nitrogen and oxygen atoms in total. The zero-order chi connectivity index (χ0) is 14.3. The Morgan fingerprint density at radius 3 is 2.63 bits per heavy atom. The van der Waals surface area contributed by atoms with Gasteiger partial charge in [-0.1, -0.05) is 23.7 Å². The summed E-state index contributed by atoms with van der Waals surface area (Å²) in [5, 5.41) is 9.24. The van der Waals surface area contributed by atoms with Gasteiger partial charge in [0.05, 0.1) is 17.2 Å². The molecule has 0 radical (unpaired) electrons. The number of carboxylic acid groups (broad SMARTS) is 1. The first kappa shape index (κ1) is 15.9. The highest BCUT2D eigenvalue weighted by atomic mass is 35.5. The molecule has 6 heteroatoms. The number of benzene rings is 1. The quantitative estimate of drug-likeness (QED) is 0.787. The number of carbonyl (C=O) groups is 2. The molecule has 1 aromatic carbocycles. The van der Waals surface area contributed by atoms with Crippen LogP contribution in [-0.4, -0.2) is 40.7 Å².